The van der Waals surface area contributed by atoms with Gasteiger partial charge in [-0.15, -0.1) is 39.5 Å². The number of ether oxygens (including phenoxy) is 1. The summed E-state index contributed by atoms with van der Waals surface area (Å²) in [7, 11) is 0. The molecule has 0 aromatic rings. The highest BCUT2D eigenvalue weighted by Crippen LogP contribution is 2.28. The van der Waals surface area contributed by atoms with Crippen molar-refractivity contribution in [1.29, 1.82) is 0 Å². The third kappa shape index (κ3) is 17.6. The molecule has 0 saturated carbocycles. The van der Waals surface area contributed by atoms with E-state index >= 15 is 0 Å². The van der Waals surface area contributed by atoms with Crippen LogP contribution in [0.15, 0.2) is 13.2 Å². The van der Waals surface area contributed by atoms with Gasteiger partial charge in [0.25, 0.3) is 0 Å². The van der Waals surface area contributed by atoms with Crippen molar-refractivity contribution in [2.45, 2.75) is 12.7 Å². The third-order valence-electron chi connectivity index (χ3n) is 0.231. The molecule has 0 bridgehead atoms. The third-order valence-corrected chi connectivity index (χ3v) is 0.231. The first-order valence-corrected chi connectivity index (χ1v) is 2.04. The van der Waals surface area contributed by atoms with Crippen molar-refractivity contribution in [1.82, 2.24) is 0 Å². The van der Waals surface area contributed by atoms with E-state index in [4.69, 9.17) is 0 Å². The van der Waals surface area contributed by atoms with E-state index in [9.17, 15) is 26.3 Å². The van der Waals surface area contributed by atoms with Crippen LogP contribution in [0, 0.1) is 0 Å². The fraction of sp³-hybridized carbons (Fsp3) is 0.500. The molecule has 0 unspecified atom stereocenters. The van der Waals surface area contributed by atoms with Crippen LogP contribution in [-0.2, 0) is 4.74 Å². The maximum Gasteiger partial charge on any atom is 0.529 e. The first-order chi connectivity index (χ1) is 4.71. The van der Waals surface area contributed by atoms with Gasteiger partial charge in [0, 0.05) is 0 Å². The number of hydrogen-bond acceptors (Lipinski definition) is 1. The molecule has 0 heterocycles. The zero-order chi connectivity index (χ0) is 9.71. The molecule has 0 rings (SSSR count). The SMILES string of the molecule is C=C.FC(F)(F)OC(F)(F)F. The van der Waals surface area contributed by atoms with E-state index in [1.54, 1.807) is 4.74 Å². The van der Waals surface area contributed by atoms with E-state index in [1.165, 1.54) is 0 Å². The van der Waals surface area contributed by atoms with Crippen LogP contribution in [0.5, 0.6) is 0 Å². The zero-order valence-electron chi connectivity index (χ0n) is 5.09. The van der Waals surface area contributed by atoms with Gasteiger partial charge in [-0.05, 0) is 0 Å². The van der Waals surface area contributed by atoms with Gasteiger partial charge < -0.3 is 0 Å². The minimum atomic E-state index is -5.64. The minimum absolute atomic E-state index is 1.62. The average molecular weight is 182 g/mol. The van der Waals surface area contributed by atoms with Crippen LogP contribution in [0.3, 0.4) is 0 Å². The molecule has 0 N–H and O–H groups in total. The molecular formula is C4H4F6O. The Kier molecular flexibility index (Phi) is 4.95. The smallest absolute Gasteiger partial charge is 0.196 e. The molecule has 0 radical (unpaired) electrons. The van der Waals surface area contributed by atoms with Gasteiger partial charge in [-0.2, -0.15) is 4.74 Å². The van der Waals surface area contributed by atoms with Crippen LogP contribution >= 0.6 is 0 Å². The molecule has 0 fully saturated rings. The van der Waals surface area contributed by atoms with Crippen molar-refractivity contribution >= 4 is 0 Å². The van der Waals surface area contributed by atoms with Crippen molar-refractivity contribution in [3.05, 3.63) is 13.2 Å². The van der Waals surface area contributed by atoms with Crippen LogP contribution in [0.4, 0.5) is 26.3 Å². The van der Waals surface area contributed by atoms with Crippen molar-refractivity contribution in [2.24, 2.45) is 0 Å². The molecule has 0 amide bonds. The topological polar surface area (TPSA) is 9.23 Å². The second kappa shape index (κ2) is 4.22. The summed E-state index contributed by atoms with van der Waals surface area (Å²) in [6, 6.07) is 0. The van der Waals surface area contributed by atoms with Crippen LogP contribution in [-0.4, -0.2) is 12.7 Å². The lowest BCUT2D eigenvalue weighted by molar-refractivity contribution is -0.463. The summed E-state index contributed by atoms with van der Waals surface area (Å²) in [6.07, 6.45) is -11.3. The van der Waals surface area contributed by atoms with Gasteiger partial charge >= 0.3 is 12.7 Å². The predicted molar refractivity (Wildman–Crippen MR) is 24.4 cm³/mol. The Hall–Kier alpha value is -0.720. The molecule has 0 aromatic heterocycles. The largest absolute Gasteiger partial charge is 0.529 e. The maximum absolute atomic E-state index is 10.6. The molecule has 11 heavy (non-hydrogen) atoms. The van der Waals surface area contributed by atoms with Gasteiger partial charge in [-0.3, -0.25) is 0 Å². The van der Waals surface area contributed by atoms with E-state index in [0.29, 0.717) is 0 Å². The van der Waals surface area contributed by atoms with E-state index in [1.807, 2.05) is 0 Å². The van der Waals surface area contributed by atoms with Gasteiger partial charge in [0.15, 0.2) is 0 Å². The summed E-state index contributed by atoms with van der Waals surface area (Å²) >= 11 is 0. The quantitative estimate of drug-likeness (QED) is 0.413. The Morgan fingerprint density at radius 2 is 0.909 bits per heavy atom. The highest BCUT2D eigenvalue weighted by atomic mass is 19.4. The zero-order valence-corrected chi connectivity index (χ0v) is 5.09. The van der Waals surface area contributed by atoms with Crippen molar-refractivity contribution in [3.63, 3.8) is 0 Å². The van der Waals surface area contributed by atoms with Crippen molar-refractivity contribution in [2.75, 3.05) is 0 Å². The van der Waals surface area contributed by atoms with Crippen LogP contribution in [0.1, 0.15) is 0 Å². The fourth-order valence-corrected chi connectivity index (χ4v) is 0.131. The monoisotopic (exact) mass is 182 g/mol. The number of alkyl halides is 6. The van der Waals surface area contributed by atoms with Crippen LogP contribution in [0.2, 0.25) is 0 Å². The summed E-state index contributed by atoms with van der Waals surface area (Å²) < 4.78 is 65.3. The molecule has 7 heteroatoms. The van der Waals surface area contributed by atoms with Crippen molar-refractivity contribution in [3.8, 4) is 0 Å². The lowest BCUT2D eigenvalue weighted by atomic mass is 11.2. The van der Waals surface area contributed by atoms with Crippen molar-refractivity contribution < 1.29 is 31.1 Å². The fourth-order valence-electron chi connectivity index (χ4n) is 0.131. The van der Waals surface area contributed by atoms with E-state index in [-0.39, 0.29) is 0 Å². The van der Waals surface area contributed by atoms with Crippen LogP contribution < -0.4 is 0 Å². The molecule has 68 valence electrons. The first-order valence-electron chi connectivity index (χ1n) is 2.04. The first kappa shape index (κ1) is 12.9. The molecule has 0 aliphatic carbocycles. The summed E-state index contributed by atoms with van der Waals surface area (Å²) in [5, 5.41) is 0. The maximum atomic E-state index is 10.6. The minimum Gasteiger partial charge on any atom is -0.196 e. The second-order valence-electron chi connectivity index (χ2n) is 0.994. The lowest BCUT2D eigenvalue weighted by Crippen LogP contribution is -2.25. The molecule has 0 aliphatic rings. The highest BCUT2D eigenvalue weighted by Gasteiger charge is 2.45. The summed E-state index contributed by atoms with van der Waals surface area (Å²) in [6.45, 7) is 6.00. The standard InChI is InChI=1S/C2F6O.C2H4/c3-1(4,5)9-2(6,7)8;1-2/h;1-2H2. The normalized spacial score (nSPS) is 11.8. The van der Waals surface area contributed by atoms with Crippen LogP contribution in [0.25, 0.3) is 0 Å². The summed E-state index contributed by atoms with van der Waals surface area (Å²) in [5.74, 6) is 0. The Balaban J connectivity index is 0. The molecular weight excluding hydrogens is 178 g/mol. The molecule has 0 aliphatic heterocycles. The van der Waals surface area contributed by atoms with Gasteiger partial charge in [-0.1, -0.05) is 0 Å². The second-order valence-corrected chi connectivity index (χ2v) is 0.994. The molecule has 1 nitrogen and oxygen atoms in total. The summed E-state index contributed by atoms with van der Waals surface area (Å²) in [4.78, 5) is 0. The number of halogens is 6. The number of hydrogen-bond donors (Lipinski definition) is 0. The molecule has 0 spiro atoms. The van der Waals surface area contributed by atoms with E-state index in [0.717, 1.165) is 0 Å². The highest BCUT2D eigenvalue weighted by molar-refractivity contribution is 4.30. The predicted octanol–water partition coefficient (Wildman–Crippen LogP) is 2.84. The Morgan fingerprint density at radius 1 is 0.727 bits per heavy atom. The number of rotatable bonds is 0. The Labute approximate surface area is 58.3 Å². The molecule has 0 saturated heterocycles. The van der Waals surface area contributed by atoms with Gasteiger partial charge in [-0.25, -0.2) is 0 Å². The van der Waals surface area contributed by atoms with Gasteiger partial charge in [0.1, 0.15) is 0 Å². The van der Waals surface area contributed by atoms with E-state index in [2.05, 4.69) is 13.2 Å². The Morgan fingerprint density at radius 3 is 0.909 bits per heavy atom. The Bertz CT molecular complexity index is 90.1. The molecule has 0 aromatic carbocycles. The molecule has 0 atom stereocenters. The van der Waals surface area contributed by atoms with Gasteiger partial charge in [0.05, 0.1) is 0 Å². The van der Waals surface area contributed by atoms with E-state index < -0.39 is 12.7 Å². The average Bonchev–Trinajstić information content (AvgIpc) is 1.60. The van der Waals surface area contributed by atoms with Gasteiger partial charge in [0.2, 0.25) is 0 Å². The summed E-state index contributed by atoms with van der Waals surface area (Å²) in [5.41, 5.74) is 0. The lowest BCUT2D eigenvalue weighted by Gasteiger charge is -2.08.